The molecule has 0 bridgehead atoms. The zero-order valence-corrected chi connectivity index (χ0v) is 8.71. The molecule has 0 saturated heterocycles. The van der Waals surface area contributed by atoms with E-state index in [1.54, 1.807) is 18.2 Å². The van der Waals surface area contributed by atoms with Crippen molar-refractivity contribution in [3.63, 3.8) is 0 Å². The highest BCUT2D eigenvalue weighted by atomic mass is 16.1. The van der Waals surface area contributed by atoms with Gasteiger partial charge in [-0.15, -0.1) is 0 Å². The van der Waals surface area contributed by atoms with Crippen molar-refractivity contribution in [3.05, 3.63) is 29.3 Å². The maximum absolute atomic E-state index is 11.2. The van der Waals surface area contributed by atoms with E-state index in [-0.39, 0.29) is 5.78 Å². The average molecular weight is 202 g/mol. The molecule has 0 aliphatic rings. The first-order valence-corrected chi connectivity index (χ1v) is 4.74. The lowest BCUT2D eigenvalue weighted by atomic mass is 10.1. The quantitative estimate of drug-likeness (QED) is 0.429. The lowest BCUT2D eigenvalue weighted by molar-refractivity contribution is 0.101. The van der Waals surface area contributed by atoms with Gasteiger partial charge in [0.05, 0.1) is 0 Å². The summed E-state index contributed by atoms with van der Waals surface area (Å²) in [5, 5.41) is 0. The van der Waals surface area contributed by atoms with E-state index in [2.05, 4.69) is 11.8 Å². The van der Waals surface area contributed by atoms with Crippen LogP contribution in [-0.2, 0) is 0 Å². The summed E-state index contributed by atoms with van der Waals surface area (Å²) in [5.74, 6) is 5.79. The molecule has 0 aliphatic carbocycles. The van der Waals surface area contributed by atoms with E-state index in [0.29, 0.717) is 24.2 Å². The number of Topliss-reactive ketones (excluding diaryl/α,β-unsaturated/α-hetero) is 1. The standard InChI is InChI=1S/C12H14N2O/c1-9(15)11-8-10(4-2-3-7-13)5-6-12(11)14/h5-6,8H,3,7,13-14H2,1H3. The van der Waals surface area contributed by atoms with Gasteiger partial charge >= 0.3 is 0 Å². The van der Waals surface area contributed by atoms with Crippen LogP contribution >= 0.6 is 0 Å². The monoisotopic (exact) mass is 202 g/mol. The number of benzene rings is 1. The molecular weight excluding hydrogens is 188 g/mol. The number of nitrogen functional groups attached to an aromatic ring is 1. The largest absolute Gasteiger partial charge is 0.398 e. The van der Waals surface area contributed by atoms with Gasteiger partial charge in [0.15, 0.2) is 5.78 Å². The predicted octanol–water partition coefficient (Wildman–Crippen LogP) is 1.17. The highest BCUT2D eigenvalue weighted by Crippen LogP contribution is 2.14. The first-order chi connectivity index (χ1) is 7.15. The molecule has 0 amide bonds. The van der Waals surface area contributed by atoms with Crippen LogP contribution in [0.1, 0.15) is 29.3 Å². The third-order valence-electron chi connectivity index (χ3n) is 1.93. The van der Waals surface area contributed by atoms with Crippen LogP contribution < -0.4 is 11.5 Å². The van der Waals surface area contributed by atoms with E-state index < -0.39 is 0 Å². The Bertz CT molecular complexity index is 427. The maximum Gasteiger partial charge on any atom is 0.161 e. The van der Waals surface area contributed by atoms with Gasteiger partial charge in [-0.05, 0) is 25.1 Å². The Morgan fingerprint density at radius 3 is 2.80 bits per heavy atom. The molecule has 0 aromatic heterocycles. The summed E-state index contributed by atoms with van der Waals surface area (Å²) in [7, 11) is 0. The molecule has 3 heteroatoms. The second kappa shape index (κ2) is 5.18. The first kappa shape index (κ1) is 11.3. The van der Waals surface area contributed by atoms with Gasteiger partial charge in [-0.2, -0.15) is 0 Å². The van der Waals surface area contributed by atoms with Gasteiger partial charge in [-0.3, -0.25) is 4.79 Å². The van der Waals surface area contributed by atoms with Crippen LogP contribution in [0.3, 0.4) is 0 Å². The van der Waals surface area contributed by atoms with Gasteiger partial charge in [0.1, 0.15) is 0 Å². The van der Waals surface area contributed by atoms with Crippen LogP contribution in [-0.4, -0.2) is 12.3 Å². The Morgan fingerprint density at radius 2 is 2.20 bits per heavy atom. The molecule has 1 rings (SSSR count). The Hall–Kier alpha value is -1.79. The van der Waals surface area contributed by atoms with Crippen molar-refractivity contribution >= 4 is 11.5 Å². The molecule has 1 aromatic carbocycles. The molecule has 0 atom stereocenters. The molecule has 0 radical (unpaired) electrons. The van der Waals surface area contributed by atoms with Crippen molar-refractivity contribution < 1.29 is 4.79 Å². The summed E-state index contributed by atoms with van der Waals surface area (Å²) in [5.41, 5.74) is 12.8. The summed E-state index contributed by atoms with van der Waals surface area (Å²) in [6.07, 6.45) is 0.653. The summed E-state index contributed by atoms with van der Waals surface area (Å²) in [6, 6.07) is 5.20. The molecule has 3 nitrogen and oxygen atoms in total. The van der Waals surface area contributed by atoms with Crippen molar-refractivity contribution in [1.82, 2.24) is 0 Å². The number of carbonyl (C=O) groups excluding carboxylic acids is 1. The van der Waals surface area contributed by atoms with Gasteiger partial charge in [-0.25, -0.2) is 0 Å². The summed E-state index contributed by atoms with van der Waals surface area (Å²) in [4.78, 5) is 11.2. The van der Waals surface area contributed by atoms with Crippen LogP contribution in [0.25, 0.3) is 0 Å². The van der Waals surface area contributed by atoms with Crippen molar-refractivity contribution in [2.45, 2.75) is 13.3 Å². The molecule has 0 fully saturated rings. The first-order valence-electron chi connectivity index (χ1n) is 4.74. The third kappa shape index (κ3) is 3.12. The van der Waals surface area contributed by atoms with Gasteiger partial charge in [0.25, 0.3) is 0 Å². The normalized spacial score (nSPS) is 9.20. The Morgan fingerprint density at radius 1 is 1.47 bits per heavy atom. The number of nitrogens with two attached hydrogens (primary N) is 2. The molecule has 15 heavy (non-hydrogen) atoms. The molecule has 1 aromatic rings. The van der Waals surface area contributed by atoms with Gasteiger partial charge in [0, 0.05) is 29.8 Å². The lowest BCUT2D eigenvalue weighted by Gasteiger charge is -2.01. The lowest BCUT2D eigenvalue weighted by Crippen LogP contribution is -2.00. The number of rotatable bonds is 2. The second-order valence-corrected chi connectivity index (χ2v) is 3.20. The molecule has 0 saturated carbocycles. The summed E-state index contributed by atoms with van der Waals surface area (Å²) in [6.45, 7) is 2.03. The number of hydrogen-bond donors (Lipinski definition) is 2. The van der Waals surface area contributed by atoms with Crippen LogP contribution in [0.4, 0.5) is 5.69 Å². The fourth-order valence-electron chi connectivity index (χ4n) is 1.18. The topological polar surface area (TPSA) is 69.1 Å². The van der Waals surface area contributed by atoms with E-state index in [1.807, 2.05) is 0 Å². The fourth-order valence-corrected chi connectivity index (χ4v) is 1.18. The third-order valence-corrected chi connectivity index (χ3v) is 1.93. The second-order valence-electron chi connectivity index (χ2n) is 3.20. The van der Waals surface area contributed by atoms with E-state index in [9.17, 15) is 4.79 Å². The number of ketones is 1. The van der Waals surface area contributed by atoms with Crippen LogP contribution in [0, 0.1) is 11.8 Å². The smallest absolute Gasteiger partial charge is 0.161 e. The van der Waals surface area contributed by atoms with E-state index in [4.69, 9.17) is 11.5 Å². The highest BCUT2D eigenvalue weighted by Gasteiger charge is 2.04. The van der Waals surface area contributed by atoms with Gasteiger partial charge in [-0.1, -0.05) is 11.8 Å². The fraction of sp³-hybridized carbons (Fsp3) is 0.250. The SMILES string of the molecule is CC(=O)c1cc(C#CCCN)ccc1N. The molecule has 0 spiro atoms. The van der Waals surface area contributed by atoms with E-state index in [0.717, 1.165) is 5.56 Å². The highest BCUT2D eigenvalue weighted by molar-refractivity contribution is 5.99. The van der Waals surface area contributed by atoms with Gasteiger partial charge in [0.2, 0.25) is 0 Å². The number of carbonyl (C=O) groups is 1. The Kier molecular flexibility index (Phi) is 3.90. The maximum atomic E-state index is 11.2. The molecule has 78 valence electrons. The minimum absolute atomic E-state index is 0.0463. The van der Waals surface area contributed by atoms with E-state index >= 15 is 0 Å². The van der Waals surface area contributed by atoms with Gasteiger partial charge < -0.3 is 11.5 Å². The van der Waals surface area contributed by atoms with Crippen LogP contribution in [0.15, 0.2) is 18.2 Å². The van der Waals surface area contributed by atoms with Crippen molar-refractivity contribution in [3.8, 4) is 11.8 Å². The minimum atomic E-state index is -0.0463. The predicted molar refractivity (Wildman–Crippen MR) is 61.4 cm³/mol. The average Bonchev–Trinajstić information content (AvgIpc) is 2.20. The van der Waals surface area contributed by atoms with Crippen LogP contribution in [0.2, 0.25) is 0 Å². The van der Waals surface area contributed by atoms with Crippen molar-refractivity contribution in [1.29, 1.82) is 0 Å². The summed E-state index contributed by atoms with van der Waals surface area (Å²) < 4.78 is 0. The van der Waals surface area contributed by atoms with Crippen molar-refractivity contribution in [2.75, 3.05) is 12.3 Å². The Balaban J connectivity index is 2.99. The molecular formula is C12H14N2O. The number of hydrogen-bond acceptors (Lipinski definition) is 3. The van der Waals surface area contributed by atoms with Crippen molar-refractivity contribution in [2.24, 2.45) is 5.73 Å². The summed E-state index contributed by atoms with van der Waals surface area (Å²) >= 11 is 0. The zero-order chi connectivity index (χ0) is 11.3. The number of anilines is 1. The molecule has 0 heterocycles. The minimum Gasteiger partial charge on any atom is -0.398 e. The Labute approximate surface area is 89.5 Å². The van der Waals surface area contributed by atoms with Crippen LogP contribution in [0.5, 0.6) is 0 Å². The molecule has 4 N–H and O–H groups in total. The zero-order valence-electron chi connectivity index (χ0n) is 8.71. The van der Waals surface area contributed by atoms with E-state index in [1.165, 1.54) is 6.92 Å². The molecule has 0 unspecified atom stereocenters. The molecule has 0 aliphatic heterocycles.